The molecule has 0 unspecified atom stereocenters. The number of nitrogens with one attached hydrogen (secondary N) is 1. The van der Waals surface area contributed by atoms with Crippen LogP contribution in [0.5, 0.6) is 0 Å². The average molecular weight is 356 g/mol. The fourth-order valence-corrected chi connectivity index (χ4v) is 3.98. The second-order valence-electron chi connectivity index (χ2n) is 6.44. The van der Waals surface area contributed by atoms with Crippen LogP contribution in [-0.2, 0) is 0 Å². The molecule has 0 atom stereocenters. The molecule has 1 amide bonds. The van der Waals surface area contributed by atoms with E-state index in [1.165, 1.54) is 11.3 Å². The van der Waals surface area contributed by atoms with Crippen molar-refractivity contribution < 1.29 is 9.59 Å². The molecule has 5 heteroatoms. The van der Waals surface area contributed by atoms with Gasteiger partial charge < -0.3 is 10.2 Å². The van der Waals surface area contributed by atoms with Crippen molar-refractivity contribution in [2.24, 2.45) is 0 Å². The topological polar surface area (TPSA) is 49.4 Å². The number of hydrogen-bond donors (Lipinski definition) is 1. The Morgan fingerprint density at radius 1 is 1.12 bits per heavy atom. The molecule has 1 aliphatic rings. The lowest BCUT2D eigenvalue weighted by Gasteiger charge is -2.32. The van der Waals surface area contributed by atoms with E-state index >= 15 is 0 Å². The maximum Gasteiger partial charge on any atom is 0.252 e. The van der Waals surface area contributed by atoms with Crippen molar-refractivity contribution in [3.63, 3.8) is 0 Å². The highest BCUT2D eigenvalue weighted by atomic mass is 32.1. The van der Waals surface area contributed by atoms with Crippen molar-refractivity contribution in [1.29, 1.82) is 0 Å². The van der Waals surface area contributed by atoms with Gasteiger partial charge in [0.1, 0.15) is 0 Å². The van der Waals surface area contributed by atoms with E-state index in [4.69, 9.17) is 0 Å². The standard InChI is InChI=1S/C20H24N2O2S/c1-2-11-22-12-9-15(10-13-22)21-20(24)17-7-4-3-6-16(17)19(23)18-8-5-14-25-18/h3-8,14-15H,2,9-13H2,1H3,(H,21,24). The highest BCUT2D eigenvalue weighted by Crippen LogP contribution is 2.19. The summed E-state index contributed by atoms with van der Waals surface area (Å²) in [5, 5.41) is 5.00. The lowest BCUT2D eigenvalue weighted by atomic mass is 10.00. The predicted octanol–water partition coefficient (Wildman–Crippen LogP) is 3.58. The summed E-state index contributed by atoms with van der Waals surface area (Å²) in [6.45, 7) is 5.36. The number of rotatable bonds is 6. The van der Waals surface area contributed by atoms with E-state index in [1.54, 1.807) is 24.3 Å². The third-order valence-corrected chi connectivity index (χ3v) is 5.49. The Balaban J connectivity index is 1.68. The van der Waals surface area contributed by atoms with E-state index in [1.807, 2.05) is 17.5 Å². The molecular weight excluding hydrogens is 332 g/mol. The minimum atomic E-state index is -0.144. The molecule has 132 valence electrons. The van der Waals surface area contributed by atoms with E-state index in [0.29, 0.717) is 16.0 Å². The molecule has 1 saturated heterocycles. The van der Waals surface area contributed by atoms with Gasteiger partial charge in [0, 0.05) is 24.7 Å². The van der Waals surface area contributed by atoms with Crippen molar-refractivity contribution in [1.82, 2.24) is 10.2 Å². The third-order valence-electron chi connectivity index (χ3n) is 4.62. The van der Waals surface area contributed by atoms with Crippen LogP contribution in [-0.4, -0.2) is 42.3 Å². The molecule has 0 aliphatic carbocycles. The molecule has 0 radical (unpaired) electrons. The Bertz CT molecular complexity index is 719. The quantitative estimate of drug-likeness (QED) is 0.805. The lowest BCUT2D eigenvalue weighted by Crippen LogP contribution is -2.45. The molecule has 2 heterocycles. The van der Waals surface area contributed by atoms with Gasteiger partial charge in [-0.1, -0.05) is 31.2 Å². The van der Waals surface area contributed by atoms with Crippen LogP contribution in [0.2, 0.25) is 0 Å². The zero-order chi connectivity index (χ0) is 17.6. The zero-order valence-electron chi connectivity index (χ0n) is 14.5. The van der Waals surface area contributed by atoms with Gasteiger partial charge in [-0.3, -0.25) is 9.59 Å². The Morgan fingerprint density at radius 2 is 1.84 bits per heavy atom. The van der Waals surface area contributed by atoms with Crippen LogP contribution in [0.3, 0.4) is 0 Å². The first-order valence-electron chi connectivity index (χ1n) is 8.89. The molecule has 1 fully saturated rings. The number of benzene rings is 1. The average Bonchev–Trinajstić information content (AvgIpc) is 3.17. The van der Waals surface area contributed by atoms with E-state index in [-0.39, 0.29) is 17.7 Å². The number of carbonyl (C=O) groups is 2. The number of hydrogen-bond acceptors (Lipinski definition) is 4. The molecule has 1 N–H and O–H groups in total. The Kier molecular flexibility index (Phi) is 6.00. The highest BCUT2D eigenvalue weighted by molar-refractivity contribution is 7.12. The first kappa shape index (κ1) is 17.8. The number of thiophene rings is 1. The second kappa shape index (κ2) is 8.41. The molecule has 4 nitrogen and oxygen atoms in total. The van der Waals surface area contributed by atoms with Gasteiger partial charge in [-0.15, -0.1) is 11.3 Å². The summed E-state index contributed by atoms with van der Waals surface area (Å²) in [7, 11) is 0. The minimum absolute atomic E-state index is 0.0847. The maximum atomic E-state index is 12.7. The lowest BCUT2D eigenvalue weighted by molar-refractivity contribution is 0.0903. The first-order valence-corrected chi connectivity index (χ1v) is 9.77. The van der Waals surface area contributed by atoms with Crippen LogP contribution < -0.4 is 5.32 Å². The molecule has 1 aromatic heterocycles. The summed E-state index contributed by atoms with van der Waals surface area (Å²) in [5.41, 5.74) is 0.947. The Hall–Kier alpha value is -1.98. The summed E-state index contributed by atoms with van der Waals surface area (Å²) in [6.07, 6.45) is 3.09. The van der Waals surface area contributed by atoms with E-state index in [9.17, 15) is 9.59 Å². The number of carbonyl (C=O) groups excluding carboxylic acids is 2. The van der Waals surface area contributed by atoms with Gasteiger partial charge in [-0.05, 0) is 43.3 Å². The van der Waals surface area contributed by atoms with Gasteiger partial charge in [-0.25, -0.2) is 0 Å². The summed E-state index contributed by atoms with van der Waals surface area (Å²) in [5.74, 6) is -0.229. The molecule has 0 spiro atoms. The number of piperidine rings is 1. The summed E-state index contributed by atoms with van der Waals surface area (Å²) >= 11 is 1.40. The zero-order valence-corrected chi connectivity index (χ0v) is 15.3. The van der Waals surface area contributed by atoms with Crippen molar-refractivity contribution in [2.75, 3.05) is 19.6 Å². The van der Waals surface area contributed by atoms with Gasteiger partial charge in [-0.2, -0.15) is 0 Å². The highest BCUT2D eigenvalue weighted by Gasteiger charge is 2.23. The molecule has 1 aromatic carbocycles. The number of likely N-dealkylation sites (tertiary alicyclic amines) is 1. The van der Waals surface area contributed by atoms with E-state index in [0.717, 1.165) is 38.9 Å². The van der Waals surface area contributed by atoms with E-state index in [2.05, 4.69) is 17.1 Å². The smallest absolute Gasteiger partial charge is 0.252 e. The molecular formula is C20H24N2O2S. The molecule has 25 heavy (non-hydrogen) atoms. The van der Waals surface area contributed by atoms with Crippen LogP contribution in [0, 0.1) is 0 Å². The Morgan fingerprint density at radius 3 is 2.48 bits per heavy atom. The van der Waals surface area contributed by atoms with Crippen molar-refractivity contribution >= 4 is 23.0 Å². The van der Waals surface area contributed by atoms with Gasteiger partial charge >= 0.3 is 0 Å². The van der Waals surface area contributed by atoms with Crippen LogP contribution in [0.1, 0.15) is 51.8 Å². The summed E-state index contributed by atoms with van der Waals surface area (Å²) in [6, 6.07) is 10.9. The first-order chi connectivity index (χ1) is 12.2. The number of nitrogens with zero attached hydrogens (tertiary/aromatic N) is 1. The molecule has 2 aromatic rings. The van der Waals surface area contributed by atoms with Gasteiger partial charge in [0.15, 0.2) is 0 Å². The van der Waals surface area contributed by atoms with Crippen molar-refractivity contribution in [3.8, 4) is 0 Å². The largest absolute Gasteiger partial charge is 0.349 e. The Labute approximate surface area is 152 Å². The second-order valence-corrected chi connectivity index (χ2v) is 7.39. The van der Waals surface area contributed by atoms with Crippen molar-refractivity contribution in [3.05, 3.63) is 57.8 Å². The molecule has 0 bridgehead atoms. The monoisotopic (exact) mass is 356 g/mol. The normalized spacial score (nSPS) is 15.9. The van der Waals surface area contributed by atoms with Crippen LogP contribution >= 0.6 is 11.3 Å². The fraction of sp³-hybridized carbons (Fsp3) is 0.400. The van der Waals surface area contributed by atoms with Crippen LogP contribution in [0.4, 0.5) is 0 Å². The molecule has 3 rings (SSSR count). The van der Waals surface area contributed by atoms with Gasteiger partial charge in [0.2, 0.25) is 5.78 Å². The summed E-state index contributed by atoms with van der Waals surface area (Å²) in [4.78, 5) is 28.5. The predicted molar refractivity (Wildman–Crippen MR) is 101 cm³/mol. The minimum Gasteiger partial charge on any atom is -0.349 e. The van der Waals surface area contributed by atoms with E-state index < -0.39 is 0 Å². The molecule has 0 saturated carbocycles. The van der Waals surface area contributed by atoms with Crippen molar-refractivity contribution in [2.45, 2.75) is 32.2 Å². The number of ketones is 1. The number of amides is 1. The SMILES string of the molecule is CCCN1CCC(NC(=O)c2ccccc2C(=O)c2cccs2)CC1. The van der Waals surface area contributed by atoms with Gasteiger partial charge in [0.05, 0.1) is 10.4 Å². The molecule has 1 aliphatic heterocycles. The summed E-state index contributed by atoms with van der Waals surface area (Å²) < 4.78 is 0. The maximum absolute atomic E-state index is 12.7. The third kappa shape index (κ3) is 4.35. The van der Waals surface area contributed by atoms with Crippen LogP contribution in [0.15, 0.2) is 41.8 Å². The fourth-order valence-electron chi connectivity index (χ4n) is 3.30. The van der Waals surface area contributed by atoms with Crippen LogP contribution in [0.25, 0.3) is 0 Å². The van der Waals surface area contributed by atoms with Gasteiger partial charge in [0.25, 0.3) is 5.91 Å².